The summed E-state index contributed by atoms with van der Waals surface area (Å²) < 4.78 is 13.5. The first-order chi connectivity index (χ1) is 6.60. The maximum absolute atomic E-state index is 13.5. The van der Waals surface area contributed by atoms with Crippen molar-refractivity contribution in [1.82, 2.24) is 0 Å². The van der Waals surface area contributed by atoms with Crippen molar-refractivity contribution in [2.75, 3.05) is 0 Å². The molecule has 0 N–H and O–H groups in total. The van der Waals surface area contributed by atoms with E-state index in [9.17, 15) is 4.39 Å². The summed E-state index contributed by atoms with van der Waals surface area (Å²) in [5, 5.41) is 0. The van der Waals surface area contributed by atoms with Crippen LogP contribution >= 0.6 is 0 Å². The van der Waals surface area contributed by atoms with E-state index in [1.165, 1.54) is 6.07 Å². The number of halogens is 1. The molecule has 0 aliphatic carbocycles. The molecule has 0 aliphatic rings. The molecule has 0 heterocycles. The molecule has 1 rings (SSSR count). The quantitative estimate of drug-likeness (QED) is 0.642. The van der Waals surface area contributed by atoms with Crippen molar-refractivity contribution >= 4 is 18.5 Å². The van der Waals surface area contributed by atoms with Crippen molar-refractivity contribution in [3.05, 3.63) is 35.7 Å². The van der Waals surface area contributed by atoms with Gasteiger partial charge in [0.25, 0.3) is 0 Å². The normalized spacial score (nSPS) is 10.3. The van der Waals surface area contributed by atoms with Crippen LogP contribution in [0.1, 0.15) is 30.9 Å². The molecular formula is C12H14FN. The number of benzene rings is 1. The largest absolute Gasteiger partial charge is 0.261 e. The molecule has 0 unspecified atom stereocenters. The third kappa shape index (κ3) is 1.90. The highest BCUT2D eigenvalue weighted by Gasteiger charge is 2.09. The molecule has 0 amide bonds. The Morgan fingerprint density at radius 3 is 2.50 bits per heavy atom. The molecule has 0 atom stereocenters. The molecule has 0 spiro atoms. The van der Waals surface area contributed by atoms with Crippen molar-refractivity contribution in [3.8, 4) is 0 Å². The highest BCUT2D eigenvalue weighted by Crippen LogP contribution is 2.28. The second-order valence-electron chi connectivity index (χ2n) is 3.46. The Morgan fingerprint density at radius 1 is 1.43 bits per heavy atom. The number of nitrogens with zero attached hydrogens (tertiary/aromatic N) is 1. The fourth-order valence-electron chi connectivity index (χ4n) is 1.30. The molecule has 0 saturated heterocycles. The summed E-state index contributed by atoms with van der Waals surface area (Å²) in [5.41, 5.74) is 1.93. The molecule has 1 nitrogen and oxygen atoms in total. The highest BCUT2D eigenvalue weighted by atomic mass is 19.1. The third-order valence-electron chi connectivity index (χ3n) is 2.16. The van der Waals surface area contributed by atoms with Crippen LogP contribution in [0, 0.1) is 5.82 Å². The summed E-state index contributed by atoms with van der Waals surface area (Å²) in [6, 6.07) is 3.40. The molecule has 0 saturated carbocycles. The minimum Gasteiger partial charge on any atom is -0.261 e. The Kier molecular flexibility index (Phi) is 3.18. The van der Waals surface area contributed by atoms with Crippen LogP contribution in [-0.4, -0.2) is 6.72 Å². The topological polar surface area (TPSA) is 12.4 Å². The average molecular weight is 191 g/mol. The van der Waals surface area contributed by atoms with E-state index in [0.29, 0.717) is 11.5 Å². The van der Waals surface area contributed by atoms with Crippen LogP contribution in [-0.2, 0) is 0 Å². The Labute approximate surface area is 84.0 Å². The van der Waals surface area contributed by atoms with Gasteiger partial charge in [0.2, 0.25) is 0 Å². The zero-order chi connectivity index (χ0) is 10.7. The zero-order valence-electron chi connectivity index (χ0n) is 8.55. The summed E-state index contributed by atoms with van der Waals surface area (Å²) in [6.45, 7) is 11.0. The molecule has 1 aromatic rings. The Morgan fingerprint density at radius 2 is 2.07 bits per heavy atom. The van der Waals surface area contributed by atoms with Gasteiger partial charge in [0.05, 0.1) is 0 Å². The van der Waals surface area contributed by atoms with Gasteiger partial charge in [0, 0.05) is 5.56 Å². The minimum absolute atomic E-state index is 0.282. The summed E-state index contributed by atoms with van der Waals surface area (Å²) in [7, 11) is 0. The first kappa shape index (κ1) is 10.6. The maximum Gasteiger partial charge on any atom is 0.149 e. The maximum atomic E-state index is 13.5. The van der Waals surface area contributed by atoms with Crippen molar-refractivity contribution in [2.45, 2.75) is 19.8 Å². The van der Waals surface area contributed by atoms with E-state index >= 15 is 0 Å². The average Bonchev–Trinajstić information content (AvgIpc) is 2.16. The second-order valence-corrected chi connectivity index (χ2v) is 3.46. The van der Waals surface area contributed by atoms with E-state index in [0.717, 1.165) is 5.56 Å². The molecule has 0 radical (unpaired) electrons. The lowest BCUT2D eigenvalue weighted by Crippen LogP contribution is -1.91. The van der Waals surface area contributed by atoms with Gasteiger partial charge in [-0.05, 0) is 30.3 Å². The van der Waals surface area contributed by atoms with Gasteiger partial charge in [0.1, 0.15) is 11.5 Å². The van der Waals surface area contributed by atoms with E-state index < -0.39 is 0 Å². The van der Waals surface area contributed by atoms with E-state index in [4.69, 9.17) is 0 Å². The van der Waals surface area contributed by atoms with Crippen LogP contribution in [0.25, 0.3) is 6.08 Å². The predicted octanol–water partition coefficient (Wildman–Crippen LogP) is 3.92. The van der Waals surface area contributed by atoms with Crippen molar-refractivity contribution in [2.24, 2.45) is 4.99 Å². The van der Waals surface area contributed by atoms with Gasteiger partial charge in [-0.3, -0.25) is 4.99 Å². The Hall–Kier alpha value is -1.44. The van der Waals surface area contributed by atoms with E-state index in [1.807, 2.05) is 19.9 Å². The molecular weight excluding hydrogens is 177 g/mol. The molecule has 0 aromatic heterocycles. The fourth-order valence-corrected chi connectivity index (χ4v) is 1.30. The van der Waals surface area contributed by atoms with Crippen LogP contribution < -0.4 is 0 Å². The molecule has 0 aliphatic heterocycles. The first-order valence-electron chi connectivity index (χ1n) is 4.52. The molecule has 2 heteroatoms. The van der Waals surface area contributed by atoms with Gasteiger partial charge < -0.3 is 0 Å². The lowest BCUT2D eigenvalue weighted by atomic mass is 9.99. The van der Waals surface area contributed by atoms with E-state index in [2.05, 4.69) is 18.3 Å². The van der Waals surface area contributed by atoms with Crippen molar-refractivity contribution in [1.29, 1.82) is 0 Å². The first-order valence-corrected chi connectivity index (χ1v) is 4.52. The Bertz CT molecular complexity index is 367. The smallest absolute Gasteiger partial charge is 0.149 e. The minimum atomic E-state index is -0.332. The summed E-state index contributed by atoms with van der Waals surface area (Å²) in [5.74, 6) is -0.0387. The van der Waals surface area contributed by atoms with Gasteiger partial charge in [0.15, 0.2) is 0 Å². The number of hydrogen-bond acceptors (Lipinski definition) is 1. The van der Waals surface area contributed by atoms with Gasteiger partial charge in [-0.15, -0.1) is 0 Å². The van der Waals surface area contributed by atoms with Crippen LogP contribution in [0.15, 0.2) is 23.7 Å². The van der Waals surface area contributed by atoms with Gasteiger partial charge in [-0.25, -0.2) is 4.39 Å². The zero-order valence-corrected chi connectivity index (χ0v) is 8.55. The van der Waals surface area contributed by atoms with Gasteiger partial charge in [-0.2, -0.15) is 0 Å². The van der Waals surface area contributed by atoms with Gasteiger partial charge in [-0.1, -0.05) is 26.5 Å². The predicted molar refractivity (Wildman–Crippen MR) is 59.8 cm³/mol. The Balaban J connectivity index is 3.38. The summed E-state index contributed by atoms with van der Waals surface area (Å²) >= 11 is 0. The van der Waals surface area contributed by atoms with Crippen molar-refractivity contribution < 1.29 is 4.39 Å². The van der Waals surface area contributed by atoms with Crippen LogP contribution in [0.4, 0.5) is 10.1 Å². The molecule has 1 aromatic carbocycles. The summed E-state index contributed by atoms with van der Waals surface area (Å²) in [6.07, 6.45) is 1.60. The highest BCUT2D eigenvalue weighted by molar-refractivity contribution is 5.66. The van der Waals surface area contributed by atoms with Crippen LogP contribution in [0.3, 0.4) is 0 Å². The third-order valence-corrected chi connectivity index (χ3v) is 2.16. The lowest BCUT2D eigenvalue weighted by Gasteiger charge is -2.09. The number of rotatable bonds is 3. The number of hydrogen-bond donors (Lipinski definition) is 0. The molecule has 74 valence electrons. The number of aliphatic imine (C=N–C) groups is 1. The lowest BCUT2D eigenvalue weighted by molar-refractivity contribution is 0.625. The molecule has 0 fully saturated rings. The van der Waals surface area contributed by atoms with Gasteiger partial charge >= 0.3 is 0 Å². The van der Waals surface area contributed by atoms with E-state index in [1.54, 1.807) is 6.08 Å². The fraction of sp³-hybridized carbons (Fsp3) is 0.250. The van der Waals surface area contributed by atoms with Crippen LogP contribution in [0.2, 0.25) is 0 Å². The van der Waals surface area contributed by atoms with Crippen LogP contribution in [0.5, 0.6) is 0 Å². The van der Waals surface area contributed by atoms with E-state index in [-0.39, 0.29) is 11.5 Å². The van der Waals surface area contributed by atoms with Crippen molar-refractivity contribution in [3.63, 3.8) is 0 Å². The summed E-state index contributed by atoms with van der Waals surface area (Å²) in [4.78, 5) is 3.65. The standard InChI is InChI=1S/C12H14FN/c1-5-9-6-10(8(2)3)7-11(13)12(9)14-4/h5-8H,1,4H2,2-3H3. The molecule has 0 bridgehead atoms. The molecule has 14 heavy (non-hydrogen) atoms. The second kappa shape index (κ2) is 4.18. The monoisotopic (exact) mass is 191 g/mol. The SMILES string of the molecule is C=Cc1cc(C(C)C)cc(F)c1N=C.